The number of hydrogen-bond donors (Lipinski definition) is 2. The summed E-state index contributed by atoms with van der Waals surface area (Å²) in [5.41, 5.74) is 6.91. The second-order valence-corrected chi connectivity index (χ2v) is 8.43. The minimum absolute atomic E-state index is 0.220. The van der Waals surface area contributed by atoms with E-state index in [1.165, 1.54) is 0 Å². The maximum absolute atomic E-state index is 10.8. The molecule has 0 saturated heterocycles. The zero-order chi connectivity index (χ0) is 15.7. The van der Waals surface area contributed by atoms with Crippen LogP contribution in [0.25, 0.3) is 0 Å². The lowest BCUT2D eigenvalue weighted by Gasteiger charge is -2.45. The number of rotatable bonds is 3. The number of aliphatic hydroxyl groups excluding tert-OH is 1. The zero-order valence-corrected chi connectivity index (χ0v) is 14.9. The molecule has 3 N–H and O–H groups in total. The first kappa shape index (κ1) is 16.9. The molecule has 3 nitrogen and oxygen atoms in total. The lowest BCUT2D eigenvalue weighted by Crippen LogP contribution is -2.42. The highest BCUT2D eigenvalue weighted by atomic mass is 79.9. The standard InChI is InChI=1S/C17H27BrN2O/c1-16(2,3)12-6-8-17(11-19,9-7-12)15(21)14-5-4-13(18)10-20-14/h4-5,10,12,15,21H,6-9,11,19H2,1-3H3. The second kappa shape index (κ2) is 6.35. The van der Waals surface area contributed by atoms with Crippen molar-refractivity contribution in [2.24, 2.45) is 22.5 Å². The Labute approximate surface area is 136 Å². The van der Waals surface area contributed by atoms with Crippen LogP contribution in [-0.2, 0) is 0 Å². The first-order valence-corrected chi connectivity index (χ1v) is 8.57. The number of nitrogens with zero attached hydrogens (tertiary/aromatic N) is 1. The van der Waals surface area contributed by atoms with E-state index < -0.39 is 6.10 Å². The molecule has 1 aliphatic carbocycles. The summed E-state index contributed by atoms with van der Waals surface area (Å²) in [5, 5.41) is 10.8. The van der Waals surface area contributed by atoms with Gasteiger partial charge in [0.05, 0.1) is 5.69 Å². The van der Waals surface area contributed by atoms with Gasteiger partial charge >= 0.3 is 0 Å². The average Bonchev–Trinajstić information content (AvgIpc) is 2.46. The molecule has 0 aliphatic heterocycles. The fraction of sp³-hybridized carbons (Fsp3) is 0.706. The molecular weight excluding hydrogens is 328 g/mol. The topological polar surface area (TPSA) is 59.1 Å². The normalized spacial score (nSPS) is 28.4. The van der Waals surface area contributed by atoms with Crippen LogP contribution in [0, 0.1) is 16.7 Å². The van der Waals surface area contributed by atoms with E-state index in [4.69, 9.17) is 5.73 Å². The first-order valence-electron chi connectivity index (χ1n) is 7.78. The van der Waals surface area contributed by atoms with Gasteiger partial charge in [-0.2, -0.15) is 0 Å². The van der Waals surface area contributed by atoms with E-state index in [1.54, 1.807) is 6.20 Å². The average molecular weight is 355 g/mol. The Morgan fingerprint density at radius 3 is 2.43 bits per heavy atom. The van der Waals surface area contributed by atoms with Gasteiger partial charge in [0.15, 0.2) is 0 Å². The Bertz CT molecular complexity index is 459. The lowest BCUT2D eigenvalue weighted by molar-refractivity contribution is -0.0256. The predicted octanol–water partition coefficient (Wildman–Crippen LogP) is 4.06. The van der Waals surface area contributed by atoms with Crippen molar-refractivity contribution >= 4 is 15.9 Å². The third-order valence-corrected chi connectivity index (χ3v) is 5.69. The van der Waals surface area contributed by atoms with E-state index in [2.05, 4.69) is 41.7 Å². The van der Waals surface area contributed by atoms with Crippen LogP contribution in [0.1, 0.15) is 58.3 Å². The van der Waals surface area contributed by atoms with Gasteiger partial charge < -0.3 is 10.8 Å². The fourth-order valence-electron chi connectivity index (χ4n) is 3.51. The number of hydrogen-bond acceptors (Lipinski definition) is 3. The molecule has 1 heterocycles. The van der Waals surface area contributed by atoms with E-state index in [-0.39, 0.29) is 5.41 Å². The van der Waals surface area contributed by atoms with Gasteiger partial charge in [0, 0.05) is 22.6 Å². The smallest absolute Gasteiger partial charge is 0.103 e. The molecule has 0 radical (unpaired) electrons. The Hall–Kier alpha value is -0.450. The number of pyridine rings is 1. The summed E-state index contributed by atoms with van der Waals surface area (Å²) in [4.78, 5) is 4.36. The summed E-state index contributed by atoms with van der Waals surface area (Å²) in [5.74, 6) is 0.710. The van der Waals surface area contributed by atoms with E-state index in [1.807, 2.05) is 12.1 Å². The van der Waals surface area contributed by atoms with Crippen molar-refractivity contribution in [3.05, 3.63) is 28.5 Å². The molecule has 1 atom stereocenters. The number of nitrogens with two attached hydrogens (primary N) is 1. The minimum Gasteiger partial charge on any atom is -0.386 e. The zero-order valence-electron chi connectivity index (χ0n) is 13.3. The van der Waals surface area contributed by atoms with Crippen LogP contribution in [0.15, 0.2) is 22.8 Å². The highest BCUT2D eigenvalue weighted by Gasteiger charge is 2.43. The van der Waals surface area contributed by atoms with Crippen LogP contribution in [-0.4, -0.2) is 16.6 Å². The van der Waals surface area contributed by atoms with Crippen molar-refractivity contribution in [2.75, 3.05) is 6.54 Å². The molecule has 0 spiro atoms. The van der Waals surface area contributed by atoms with Gasteiger partial charge in [-0.3, -0.25) is 4.98 Å². The van der Waals surface area contributed by atoms with E-state index in [0.29, 0.717) is 17.9 Å². The Kier molecular flexibility index (Phi) is 5.11. The van der Waals surface area contributed by atoms with Crippen LogP contribution >= 0.6 is 15.9 Å². The SMILES string of the molecule is CC(C)(C)C1CCC(CN)(C(O)c2ccc(Br)cn2)CC1. The van der Waals surface area contributed by atoms with Crippen molar-refractivity contribution < 1.29 is 5.11 Å². The third-order valence-electron chi connectivity index (χ3n) is 5.22. The molecule has 1 aromatic rings. The summed E-state index contributed by atoms with van der Waals surface area (Å²) < 4.78 is 0.927. The Morgan fingerprint density at radius 2 is 2.00 bits per heavy atom. The molecule has 4 heteroatoms. The van der Waals surface area contributed by atoms with Crippen LogP contribution < -0.4 is 5.73 Å². The third kappa shape index (κ3) is 3.66. The fourth-order valence-corrected chi connectivity index (χ4v) is 3.75. The van der Waals surface area contributed by atoms with Gasteiger partial charge in [-0.1, -0.05) is 20.8 Å². The highest BCUT2D eigenvalue weighted by molar-refractivity contribution is 9.10. The molecule has 1 saturated carbocycles. The van der Waals surface area contributed by atoms with E-state index in [0.717, 1.165) is 35.8 Å². The van der Waals surface area contributed by atoms with Gasteiger partial charge in [-0.15, -0.1) is 0 Å². The minimum atomic E-state index is -0.573. The largest absolute Gasteiger partial charge is 0.386 e. The van der Waals surface area contributed by atoms with Crippen LogP contribution in [0.5, 0.6) is 0 Å². The Balaban J connectivity index is 2.14. The van der Waals surface area contributed by atoms with Gasteiger partial charge in [-0.05, 0) is 65.1 Å². The van der Waals surface area contributed by atoms with Crippen molar-refractivity contribution in [3.63, 3.8) is 0 Å². The van der Waals surface area contributed by atoms with Gasteiger partial charge in [0.1, 0.15) is 6.10 Å². The van der Waals surface area contributed by atoms with E-state index >= 15 is 0 Å². The number of halogens is 1. The van der Waals surface area contributed by atoms with Crippen molar-refractivity contribution in [2.45, 2.75) is 52.6 Å². The molecular formula is C17H27BrN2O. The molecule has 0 bridgehead atoms. The maximum atomic E-state index is 10.8. The lowest BCUT2D eigenvalue weighted by atomic mass is 9.61. The van der Waals surface area contributed by atoms with Crippen molar-refractivity contribution in [3.8, 4) is 0 Å². The molecule has 1 aromatic heterocycles. The molecule has 118 valence electrons. The second-order valence-electron chi connectivity index (χ2n) is 7.51. The summed E-state index contributed by atoms with van der Waals surface area (Å²) in [6, 6.07) is 3.82. The summed E-state index contributed by atoms with van der Waals surface area (Å²) >= 11 is 3.38. The molecule has 1 aliphatic rings. The summed E-state index contributed by atoms with van der Waals surface area (Å²) in [6.07, 6.45) is 5.39. The van der Waals surface area contributed by atoms with Gasteiger partial charge in [0.2, 0.25) is 0 Å². The summed E-state index contributed by atoms with van der Waals surface area (Å²) in [6.45, 7) is 7.43. The quantitative estimate of drug-likeness (QED) is 0.860. The van der Waals surface area contributed by atoms with Crippen molar-refractivity contribution in [1.82, 2.24) is 4.98 Å². The summed E-state index contributed by atoms with van der Waals surface area (Å²) in [7, 11) is 0. The molecule has 1 unspecified atom stereocenters. The van der Waals surface area contributed by atoms with Crippen LogP contribution in [0.2, 0.25) is 0 Å². The van der Waals surface area contributed by atoms with Crippen LogP contribution in [0.4, 0.5) is 0 Å². The highest BCUT2D eigenvalue weighted by Crippen LogP contribution is 2.50. The number of aliphatic hydroxyl groups is 1. The van der Waals surface area contributed by atoms with Gasteiger partial charge in [-0.25, -0.2) is 0 Å². The Morgan fingerprint density at radius 1 is 1.38 bits per heavy atom. The van der Waals surface area contributed by atoms with E-state index in [9.17, 15) is 5.11 Å². The van der Waals surface area contributed by atoms with Crippen LogP contribution in [0.3, 0.4) is 0 Å². The molecule has 0 amide bonds. The molecule has 21 heavy (non-hydrogen) atoms. The number of aromatic nitrogens is 1. The monoisotopic (exact) mass is 354 g/mol. The first-order chi connectivity index (χ1) is 9.78. The van der Waals surface area contributed by atoms with Crippen molar-refractivity contribution in [1.29, 1.82) is 0 Å². The molecule has 2 rings (SSSR count). The molecule has 0 aromatic carbocycles. The van der Waals surface area contributed by atoms with Gasteiger partial charge in [0.25, 0.3) is 0 Å². The predicted molar refractivity (Wildman–Crippen MR) is 89.8 cm³/mol. The molecule has 1 fully saturated rings. The maximum Gasteiger partial charge on any atom is 0.103 e.